The lowest BCUT2D eigenvalue weighted by Gasteiger charge is -2.03. The fourth-order valence-corrected chi connectivity index (χ4v) is 1.93. The number of nitrogens with one attached hydrogen (secondary N) is 1. The molecule has 0 atom stereocenters. The molecule has 16 heavy (non-hydrogen) atoms. The number of aromatic nitrogens is 2. The van der Waals surface area contributed by atoms with E-state index in [1.165, 1.54) is 0 Å². The molecule has 0 unspecified atom stereocenters. The predicted molar refractivity (Wildman–Crippen MR) is 66.2 cm³/mol. The van der Waals surface area contributed by atoms with E-state index < -0.39 is 0 Å². The summed E-state index contributed by atoms with van der Waals surface area (Å²) in [6, 6.07) is 3.80. The summed E-state index contributed by atoms with van der Waals surface area (Å²) in [7, 11) is 0. The largest absolute Gasteiger partial charge is 0.397 e. The Kier molecular flexibility index (Phi) is 3.85. The molecule has 3 N–H and O–H groups in total. The molecule has 0 saturated carbocycles. The van der Waals surface area contributed by atoms with Crippen molar-refractivity contribution in [2.75, 3.05) is 12.3 Å². The Morgan fingerprint density at radius 3 is 2.88 bits per heavy atom. The highest BCUT2D eigenvalue weighted by molar-refractivity contribution is 7.07. The van der Waals surface area contributed by atoms with E-state index in [0.29, 0.717) is 5.69 Å². The Bertz CT molecular complexity index is 410. The van der Waals surface area contributed by atoms with Gasteiger partial charge in [-0.15, -0.1) is 11.3 Å². The first-order chi connectivity index (χ1) is 7.84. The predicted octanol–water partition coefficient (Wildman–Crippen LogP) is 1.45. The van der Waals surface area contributed by atoms with Crippen molar-refractivity contribution in [1.82, 2.24) is 15.3 Å². The van der Waals surface area contributed by atoms with Crippen LogP contribution in [0.3, 0.4) is 0 Å². The maximum Gasteiger partial charge on any atom is 0.0794 e. The third-order valence-electron chi connectivity index (χ3n) is 2.20. The zero-order chi connectivity index (χ0) is 11.2. The minimum Gasteiger partial charge on any atom is -0.397 e. The average Bonchev–Trinajstić information content (AvgIpc) is 2.80. The molecule has 2 aromatic heterocycles. The summed E-state index contributed by atoms with van der Waals surface area (Å²) in [4.78, 5) is 8.43. The van der Waals surface area contributed by atoms with Crippen LogP contribution in [-0.4, -0.2) is 16.5 Å². The molecule has 5 heteroatoms. The number of nitrogen functional groups attached to an aromatic ring is 1. The molecule has 0 aromatic carbocycles. The third-order valence-corrected chi connectivity index (χ3v) is 2.83. The molecule has 2 rings (SSSR count). The highest BCUT2D eigenvalue weighted by Crippen LogP contribution is 2.02. The zero-order valence-electron chi connectivity index (χ0n) is 8.89. The second kappa shape index (κ2) is 5.58. The topological polar surface area (TPSA) is 63.8 Å². The first kappa shape index (κ1) is 11.0. The molecule has 0 fully saturated rings. The van der Waals surface area contributed by atoms with Crippen LogP contribution in [-0.2, 0) is 13.0 Å². The van der Waals surface area contributed by atoms with E-state index >= 15 is 0 Å². The smallest absolute Gasteiger partial charge is 0.0794 e. The summed E-state index contributed by atoms with van der Waals surface area (Å²) in [6.07, 6.45) is 2.63. The Hall–Kier alpha value is -1.46. The SMILES string of the molecule is Nc1ccc(CNCCc2cscn2)nc1. The number of hydrogen-bond donors (Lipinski definition) is 2. The number of hydrogen-bond acceptors (Lipinski definition) is 5. The summed E-state index contributed by atoms with van der Waals surface area (Å²) in [5.41, 5.74) is 10.3. The summed E-state index contributed by atoms with van der Waals surface area (Å²) in [5, 5.41) is 5.39. The van der Waals surface area contributed by atoms with Gasteiger partial charge in [0.15, 0.2) is 0 Å². The molecule has 0 spiro atoms. The standard InChI is InChI=1S/C11H14N4S/c12-9-1-2-10(14-5-9)6-13-4-3-11-7-16-8-15-11/h1-2,5,7-8,13H,3-4,6,12H2. The van der Waals surface area contributed by atoms with Crippen LogP contribution < -0.4 is 11.1 Å². The number of nitrogens with two attached hydrogens (primary N) is 1. The van der Waals surface area contributed by atoms with Crippen LogP contribution in [0.1, 0.15) is 11.4 Å². The van der Waals surface area contributed by atoms with Crippen LogP contribution in [0.5, 0.6) is 0 Å². The summed E-state index contributed by atoms with van der Waals surface area (Å²) in [5.74, 6) is 0. The Balaban J connectivity index is 1.70. The maximum absolute atomic E-state index is 5.56. The van der Waals surface area contributed by atoms with Crippen LogP contribution in [0.15, 0.2) is 29.2 Å². The molecular weight excluding hydrogens is 220 g/mol. The van der Waals surface area contributed by atoms with E-state index in [1.54, 1.807) is 17.5 Å². The molecule has 0 aliphatic rings. The van der Waals surface area contributed by atoms with E-state index in [0.717, 1.165) is 30.9 Å². The van der Waals surface area contributed by atoms with Gasteiger partial charge in [0.2, 0.25) is 0 Å². The quantitative estimate of drug-likeness (QED) is 0.769. The molecule has 0 bridgehead atoms. The zero-order valence-corrected chi connectivity index (χ0v) is 9.70. The number of thiazole rings is 1. The highest BCUT2D eigenvalue weighted by atomic mass is 32.1. The van der Waals surface area contributed by atoms with E-state index in [1.807, 2.05) is 17.6 Å². The second-order valence-corrected chi connectivity index (χ2v) is 4.21. The summed E-state index contributed by atoms with van der Waals surface area (Å²) >= 11 is 1.63. The van der Waals surface area contributed by atoms with Gasteiger partial charge in [-0.25, -0.2) is 4.98 Å². The lowest BCUT2D eigenvalue weighted by molar-refractivity contribution is 0.670. The molecule has 2 aromatic rings. The highest BCUT2D eigenvalue weighted by Gasteiger charge is 1.96. The van der Waals surface area contributed by atoms with Crippen molar-refractivity contribution >= 4 is 17.0 Å². The average molecular weight is 234 g/mol. The normalized spacial score (nSPS) is 10.5. The van der Waals surface area contributed by atoms with Crippen molar-refractivity contribution in [3.63, 3.8) is 0 Å². The molecule has 0 amide bonds. The minimum atomic E-state index is 0.700. The molecular formula is C11H14N4S. The number of pyridine rings is 1. The molecule has 2 heterocycles. The Labute approximate surface area is 98.6 Å². The van der Waals surface area contributed by atoms with Crippen molar-refractivity contribution < 1.29 is 0 Å². The number of anilines is 1. The van der Waals surface area contributed by atoms with E-state index in [2.05, 4.69) is 20.7 Å². The van der Waals surface area contributed by atoms with Gasteiger partial charge in [0.1, 0.15) is 0 Å². The summed E-state index contributed by atoms with van der Waals surface area (Å²) in [6.45, 7) is 1.68. The van der Waals surface area contributed by atoms with Gasteiger partial charge in [0, 0.05) is 24.9 Å². The lowest BCUT2D eigenvalue weighted by Crippen LogP contribution is -2.17. The van der Waals surface area contributed by atoms with Crippen molar-refractivity contribution in [2.24, 2.45) is 0 Å². The van der Waals surface area contributed by atoms with Gasteiger partial charge >= 0.3 is 0 Å². The van der Waals surface area contributed by atoms with Crippen LogP contribution in [0.2, 0.25) is 0 Å². The van der Waals surface area contributed by atoms with Crippen molar-refractivity contribution in [3.05, 3.63) is 40.6 Å². The van der Waals surface area contributed by atoms with Crippen LogP contribution >= 0.6 is 11.3 Å². The van der Waals surface area contributed by atoms with Gasteiger partial charge in [-0.1, -0.05) is 0 Å². The first-order valence-corrected chi connectivity index (χ1v) is 6.07. The molecule has 84 valence electrons. The van der Waals surface area contributed by atoms with E-state index in [4.69, 9.17) is 5.73 Å². The Morgan fingerprint density at radius 2 is 2.19 bits per heavy atom. The Morgan fingerprint density at radius 1 is 1.25 bits per heavy atom. The minimum absolute atomic E-state index is 0.700. The van der Waals surface area contributed by atoms with E-state index in [-0.39, 0.29) is 0 Å². The van der Waals surface area contributed by atoms with Gasteiger partial charge in [-0.05, 0) is 12.1 Å². The molecule has 0 aliphatic heterocycles. The molecule has 0 radical (unpaired) electrons. The van der Waals surface area contributed by atoms with Gasteiger partial charge in [-0.3, -0.25) is 4.98 Å². The van der Waals surface area contributed by atoms with Crippen molar-refractivity contribution in [3.8, 4) is 0 Å². The number of rotatable bonds is 5. The summed E-state index contributed by atoms with van der Waals surface area (Å²) < 4.78 is 0. The van der Waals surface area contributed by atoms with Crippen LogP contribution in [0.4, 0.5) is 5.69 Å². The van der Waals surface area contributed by atoms with Gasteiger partial charge < -0.3 is 11.1 Å². The van der Waals surface area contributed by atoms with Crippen molar-refractivity contribution in [1.29, 1.82) is 0 Å². The van der Waals surface area contributed by atoms with Crippen LogP contribution in [0.25, 0.3) is 0 Å². The second-order valence-electron chi connectivity index (χ2n) is 3.49. The molecule has 0 saturated heterocycles. The third kappa shape index (κ3) is 3.29. The monoisotopic (exact) mass is 234 g/mol. The van der Waals surface area contributed by atoms with E-state index in [9.17, 15) is 0 Å². The van der Waals surface area contributed by atoms with Gasteiger partial charge in [-0.2, -0.15) is 0 Å². The molecule has 4 nitrogen and oxygen atoms in total. The fraction of sp³-hybridized carbons (Fsp3) is 0.273. The van der Waals surface area contributed by atoms with Crippen LogP contribution in [0, 0.1) is 0 Å². The molecule has 0 aliphatic carbocycles. The lowest BCUT2D eigenvalue weighted by atomic mass is 10.3. The maximum atomic E-state index is 5.56. The fourth-order valence-electron chi connectivity index (χ4n) is 1.33. The van der Waals surface area contributed by atoms with Gasteiger partial charge in [0.05, 0.1) is 28.8 Å². The van der Waals surface area contributed by atoms with Crippen molar-refractivity contribution in [2.45, 2.75) is 13.0 Å². The number of nitrogens with zero attached hydrogens (tertiary/aromatic N) is 2. The van der Waals surface area contributed by atoms with Gasteiger partial charge in [0.25, 0.3) is 0 Å². The first-order valence-electron chi connectivity index (χ1n) is 5.13.